The lowest BCUT2D eigenvalue weighted by Gasteiger charge is -2.29. The van der Waals surface area contributed by atoms with Crippen LogP contribution in [0.1, 0.15) is 44.6 Å². The van der Waals surface area contributed by atoms with Crippen LogP contribution in [0.25, 0.3) is 0 Å². The maximum Gasteiger partial charge on any atom is 0.306 e. The predicted molar refractivity (Wildman–Crippen MR) is 100 cm³/mol. The van der Waals surface area contributed by atoms with E-state index in [9.17, 15) is 9.90 Å². The number of unbranched alkanes of at least 4 members (excludes halogenated alkanes) is 1. The molecule has 0 amide bonds. The smallest absolute Gasteiger partial charge is 0.306 e. The second-order valence-electron chi connectivity index (χ2n) is 5.99. The molecule has 3 atom stereocenters. The zero-order valence-electron chi connectivity index (χ0n) is 15.1. The molecule has 0 aliphatic heterocycles. The largest absolute Gasteiger partial charge is 0.459 e. The van der Waals surface area contributed by atoms with Gasteiger partial charge in [-0.3, -0.25) is 4.79 Å². The van der Waals surface area contributed by atoms with Crippen LogP contribution in [-0.2, 0) is 20.9 Å². The van der Waals surface area contributed by atoms with E-state index in [0.29, 0.717) is 25.9 Å². The highest BCUT2D eigenvalue weighted by atomic mass is 16.6. The molecule has 138 valence electrons. The summed E-state index contributed by atoms with van der Waals surface area (Å²) < 4.78 is 11.5. The summed E-state index contributed by atoms with van der Waals surface area (Å²) in [6.45, 7) is 9.63. The van der Waals surface area contributed by atoms with Gasteiger partial charge in [0.1, 0.15) is 18.3 Å². The molecule has 0 spiro atoms. The average Bonchev–Trinajstić information content (AvgIpc) is 2.62. The van der Waals surface area contributed by atoms with Gasteiger partial charge < -0.3 is 14.6 Å². The zero-order chi connectivity index (χ0) is 18.5. The number of aliphatic hydroxyl groups excluding tert-OH is 1. The number of hydrogen-bond donors (Lipinski definition) is 1. The van der Waals surface area contributed by atoms with Crippen LogP contribution in [0.15, 0.2) is 55.6 Å². The topological polar surface area (TPSA) is 55.8 Å². The van der Waals surface area contributed by atoms with Crippen molar-refractivity contribution in [2.45, 2.75) is 63.9 Å². The quantitative estimate of drug-likeness (QED) is 0.331. The minimum atomic E-state index is -0.902. The monoisotopic (exact) mass is 346 g/mol. The fraction of sp³-hybridized carbons (Fsp3) is 0.476. The first-order valence-corrected chi connectivity index (χ1v) is 8.88. The van der Waals surface area contributed by atoms with Gasteiger partial charge in [0, 0.05) is 6.42 Å². The Morgan fingerprint density at radius 3 is 2.60 bits per heavy atom. The van der Waals surface area contributed by atoms with Crippen LogP contribution in [0.3, 0.4) is 0 Å². The summed E-state index contributed by atoms with van der Waals surface area (Å²) >= 11 is 0. The Hall–Kier alpha value is -1.91. The van der Waals surface area contributed by atoms with Crippen LogP contribution in [0, 0.1) is 0 Å². The molecule has 0 bridgehead atoms. The van der Waals surface area contributed by atoms with Gasteiger partial charge in [-0.25, -0.2) is 0 Å². The average molecular weight is 346 g/mol. The SMILES string of the molecule is C=CCCCC(=O)O[C@H](CCC)[C@@H](OCc1ccccc1)[C@@H](O)C=C. The maximum absolute atomic E-state index is 12.1. The molecule has 0 aliphatic rings. The molecule has 0 aromatic heterocycles. The van der Waals surface area contributed by atoms with E-state index in [0.717, 1.165) is 18.4 Å². The molecular weight excluding hydrogens is 316 g/mol. The molecule has 0 radical (unpaired) electrons. The van der Waals surface area contributed by atoms with Crippen molar-refractivity contribution in [3.8, 4) is 0 Å². The summed E-state index contributed by atoms with van der Waals surface area (Å²) in [5.74, 6) is -0.273. The van der Waals surface area contributed by atoms with Gasteiger partial charge in [0.05, 0.1) is 6.61 Å². The van der Waals surface area contributed by atoms with Gasteiger partial charge >= 0.3 is 5.97 Å². The number of rotatable bonds is 13. The maximum atomic E-state index is 12.1. The molecule has 25 heavy (non-hydrogen) atoms. The number of hydrogen-bond acceptors (Lipinski definition) is 4. The van der Waals surface area contributed by atoms with Gasteiger partial charge in [-0.1, -0.05) is 55.8 Å². The molecule has 0 saturated heterocycles. The lowest BCUT2D eigenvalue weighted by atomic mass is 10.0. The third-order valence-electron chi connectivity index (χ3n) is 3.87. The van der Waals surface area contributed by atoms with Crippen LogP contribution in [0.2, 0.25) is 0 Å². The van der Waals surface area contributed by atoms with Crippen molar-refractivity contribution in [2.24, 2.45) is 0 Å². The molecule has 0 heterocycles. The number of allylic oxidation sites excluding steroid dienone is 1. The van der Waals surface area contributed by atoms with Crippen molar-refractivity contribution in [3.05, 3.63) is 61.2 Å². The van der Waals surface area contributed by atoms with E-state index in [1.54, 1.807) is 6.08 Å². The van der Waals surface area contributed by atoms with Gasteiger partial charge in [0.25, 0.3) is 0 Å². The number of ether oxygens (including phenoxy) is 2. The molecular formula is C21H30O4. The fourth-order valence-electron chi connectivity index (χ4n) is 2.52. The Morgan fingerprint density at radius 2 is 2.00 bits per heavy atom. The normalized spacial score (nSPS) is 14.3. The Balaban J connectivity index is 2.73. The van der Waals surface area contributed by atoms with Crippen LogP contribution in [0.4, 0.5) is 0 Å². The van der Waals surface area contributed by atoms with E-state index in [2.05, 4.69) is 13.2 Å². The fourth-order valence-corrected chi connectivity index (χ4v) is 2.52. The van der Waals surface area contributed by atoms with Crippen LogP contribution < -0.4 is 0 Å². The molecule has 1 N–H and O–H groups in total. The second-order valence-corrected chi connectivity index (χ2v) is 5.99. The molecule has 1 rings (SSSR count). The summed E-state index contributed by atoms with van der Waals surface area (Å²) in [7, 11) is 0. The molecule has 0 saturated carbocycles. The first-order chi connectivity index (χ1) is 12.1. The van der Waals surface area contributed by atoms with Gasteiger partial charge in [-0.05, 0) is 24.8 Å². The second kappa shape index (κ2) is 12.5. The lowest BCUT2D eigenvalue weighted by molar-refractivity contribution is -0.165. The van der Waals surface area contributed by atoms with Gasteiger partial charge in [-0.15, -0.1) is 13.2 Å². The van der Waals surface area contributed by atoms with Gasteiger partial charge in [-0.2, -0.15) is 0 Å². The Bertz CT molecular complexity index is 512. The van der Waals surface area contributed by atoms with Crippen molar-refractivity contribution in [1.82, 2.24) is 0 Å². The zero-order valence-corrected chi connectivity index (χ0v) is 15.1. The standard InChI is InChI=1S/C21H30O4/c1-4-7-9-15-20(23)25-19(12-5-2)21(18(22)6-3)24-16-17-13-10-8-11-14-17/h4,6,8,10-11,13-14,18-19,21-22H,1,3,5,7,9,12,15-16H2,2H3/t18-,19+,21-/m0/s1. The Morgan fingerprint density at radius 1 is 1.28 bits per heavy atom. The van der Waals surface area contributed by atoms with E-state index in [4.69, 9.17) is 9.47 Å². The molecule has 4 heteroatoms. The van der Waals surface area contributed by atoms with E-state index in [1.165, 1.54) is 6.08 Å². The van der Waals surface area contributed by atoms with E-state index < -0.39 is 18.3 Å². The summed E-state index contributed by atoms with van der Waals surface area (Å²) in [6, 6.07) is 9.70. The highest BCUT2D eigenvalue weighted by Crippen LogP contribution is 2.18. The summed E-state index contributed by atoms with van der Waals surface area (Å²) in [6.07, 6.45) is 4.42. The van der Waals surface area contributed by atoms with Crippen molar-refractivity contribution >= 4 is 5.97 Å². The van der Waals surface area contributed by atoms with Crippen molar-refractivity contribution < 1.29 is 19.4 Å². The van der Waals surface area contributed by atoms with Gasteiger partial charge in [0.15, 0.2) is 0 Å². The van der Waals surface area contributed by atoms with Crippen molar-refractivity contribution in [3.63, 3.8) is 0 Å². The lowest BCUT2D eigenvalue weighted by Crippen LogP contribution is -2.41. The molecule has 0 aliphatic carbocycles. The van der Waals surface area contributed by atoms with Crippen molar-refractivity contribution in [2.75, 3.05) is 0 Å². The summed E-state index contributed by atoms with van der Waals surface area (Å²) in [4.78, 5) is 12.1. The summed E-state index contributed by atoms with van der Waals surface area (Å²) in [5.41, 5.74) is 0.997. The van der Waals surface area contributed by atoms with Crippen LogP contribution in [0.5, 0.6) is 0 Å². The van der Waals surface area contributed by atoms with E-state index in [1.807, 2.05) is 37.3 Å². The minimum Gasteiger partial charge on any atom is -0.459 e. The first kappa shape index (κ1) is 21.1. The molecule has 0 unspecified atom stereocenters. The van der Waals surface area contributed by atoms with E-state index in [-0.39, 0.29) is 5.97 Å². The highest BCUT2D eigenvalue weighted by molar-refractivity contribution is 5.69. The molecule has 1 aromatic rings. The molecule has 4 nitrogen and oxygen atoms in total. The molecule has 1 aromatic carbocycles. The number of aliphatic hydroxyl groups is 1. The Kier molecular flexibility index (Phi) is 10.5. The number of carbonyl (C=O) groups excluding carboxylic acids is 1. The molecule has 0 fully saturated rings. The number of esters is 1. The Labute approximate surface area is 151 Å². The first-order valence-electron chi connectivity index (χ1n) is 8.88. The van der Waals surface area contributed by atoms with Crippen LogP contribution >= 0.6 is 0 Å². The summed E-state index contributed by atoms with van der Waals surface area (Å²) in [5, 5.41) is 10.3. The van der Waals surface area contributed by atoms with Crippen molar-refractivity contribution in [1.29, 1.82) is 0 Å². The number of carbonyl (C=O) groups is 1. The minimum absolute atomic E-state index is 0.273. The number of benzene rings is 1. The van der Waals surface area contributed by atoms with Crippen LogP contribution in [-0.4, -0.2) is 29.4 Å². The predicted octanol–water partition coefficient (Wildman–Crippen LogP) is 4.19. The van der Waals surface area contributed by atoms with Gasteiger partial charge in [0.2, 0.25) is 0 Å². The third kappa shape index (κ3) is 8.14. The van der Waals surface area contributed by atoms with E-state index >= 15 is 0 Å². The third-order valence-corrected chi connectivity index (χ3v) is 3.87. The highest BCUT2D eigenvalue weighted by Gasteiger charge is 2.30.